The summed E-state index contributed by atoms with van der Waals surface area (Å²) in [6, 6.07) is 12.2. The van der Waals surface area contributed by atoms with Gasteiger partial charge in [0.25, 0.3) is 0 Å². The number of aliphatic carboxylic acids is 2. The van der Waals surface area contributed by atoms with Crippen molar-refractivity contribution < 1.29 is 24.2 Å². The van der Waals surface area contributed by atoms with Crippen molar-refractivity contribution in [2.75, 3.05) is 6.54 Å². The smallest absolute Gasteiger partial charge is 0.323 e. The van der Waals surface area contributed by atoms with Crippen molar-refractivity contribution in [1.82, 2.24) is 0 Å². The van der Waals surface area contributed by atoms with Crippen LogP contribution in [0.5, 0.6) is 0 Å². The first-order valence-corrected chi connectivity index (χ1v) is 7.79. The Morgan fingerprint density at radius 3 is 2.44 bits per heavy atom. The molecule has 0 fully saturated rings. The van der Waals surface area contributed by atoms with Crippen molar-refractivity contribution in [3.8, 4) is 6.07 Å². The minimum absolute atomic E-state index is 0.146. The molecule has 7 nitrogen and oxygen atoms in total. The third kappa shape index (κ3) is 3.43. The molecule has 0 spiro atoms. The first-order valence-electron chi connectivity index (χ1n) is 7.79. The molecule has 1 aliphatic heterocycles. The molecule has 0 saturated carbocycles. The molecular weight excluding hydrogens is 353 g/mol. The topological polar surface area (TPSA) is 123 Å². The normalized spacial score (nSPS) is 13.1. The van der Waals surface area contributed by atoms with E-state index < -0.39 is 23.7 Å². The highest BCUT2D eigenvalue weighted by molar-refractivity contribution is 6.22. The van der Waals surface area contributed by atoms with Crippen LogP contribution >= 0.6 is 0 Å². The van der Waals surface area contributed by atoms with Gasteiger partial charge in [-0.15, -0.1) is 0 Å². The van der Waals surface area contributed by atoms with Gasteiger partial charge in [0.2, 0.25) is 0 Å². The van der Waals surface area contributed by atoms with Crippen LogP contribution in [-0.4, -0.2) is 40.1 Å². The van der Waals surface area contributed by atoms with Crippen molar-refractivity contribution in [2.45, 2.75) is 0 Å². The van der Waals surface area contributed by atoms with Gasteiger partial charge in [-0.05, 0) is 30.3 Å². The lowest BCUT2D eigenvalue weighted by atomic mass is 9.98. The van der Waals surface area contributed by atoms with Crippen LogP contribution in [0.2, 0.25) is 0 Å². The second-order valence-electron chi connectivity index (χ2n) is 5.70. The van der Waals surface area contributed by atoms with Crippen LogP contribution in [0.1, 0.15) is 16.7 Å². The predicted molar refractivity (Wildman–Crippen MR) is 93.9 cm³/mol. The summed E-state index contributed by atoms with van der Waals surface area (Å²) in [6.07, 6.45) is 0. The van der Waals surface area contributed by atoms with Gasteiger partial charge in [-0.3, -0.25) is 19.6 Å². The molecule has 2 aromatic carbocycles. The molecule has 27 heavy (non-hydrogen) atoms. The fourth-order valence-corrected chi connectivity index (χ4v) is 2.76. The van der Waals surface area contributed by atoms with Crippen molar-refractivity contribution in [1.29, 1.82) is 5.26 Å². The number of fused-ring (bicyclic) bond motifs is 1. The number of nitrogens with zero attached hydrogens (tertiary/aromatic N) is 3. The van der Waals surface area contributed by atoms with E-state index in [2.05, 4.69) is 9.98 Å². The number of carboxylic acids is 2. The number of rotatable bonds is 4. The van der Waals surface area contributed by atoms with Crippen LogP contribution in [0.25, 0.3) is 0 Å². The summed E-state index contributed by atoms with van der Waals surface area (Å²) in [7, 11) is 0. The fraction of sp³-hybridized carbons (Fsp3) is 0.105. The lowest BCUT2D eigenvalue weighted by Crippen LogP contribution is -2.33. The van der Waals surface area contributed by atoms with Gasteiger partial charge in [0, 0.05) is 11.1 Å². The molecule has 3 rings (SSSR count). The molecule has 0 amide bonds. The van der Waals surface area contributed by atoms with E-state index in [0.717, 1.165) is 0 Å². The fourth-order valence-electron chi connectivity index (χ4n) is 2.76. The summed E-state index contributed by atoms with van der Waals surface area (Å²) in [6.45, 7) is -0.330. The monoisotopic (exact) mass is 365 g/mol. The molecule has 134 valence electrons. The number of carbonyl (C=O) groups is 2. The minimum atomic E-state index is -1.88. The maximum Gasteiger partial charge on any atom is 0.323 e. The van der Waals surface area contributed by atoms with E-state index in [0.29, 0.717) is 5.56 Å². The molecule has 0 aromatic heterocycles. The summed E-state index contributed by atoms with van der Waals surface area (Å²) < 4.78 is 14.3. The van der Waals surface area contributed by atoms with Crippen molar-refractivity contribution >= 4 is 29.0 Å². The maximum absolute atomic E-state index is 14.3. The Labute approximate surface area is 152 Å². The van der Waals surface area contributed by atoms with Gasteiger partial charge in [-0.1, -0.05) is 12.1 Å². The highest BCUT2D eigenvalue weighted by atomic mass is 19.1. The Morgan fingerprint density at radius 2 is 1.81 bits per heavy atom. The minimum Gasteiger partial charge on any atom is -0.480 e. The quantitative estimate of drug-likeness (QED) is 0.806. The molecule has 2 N–H and O–H groups in total. The average molecular weight is 365 g/mol. The maximum atomic E-state index is 14.3. The molecule has 0 radical (unpaired) electrons. The van der Waals surface area contributed by atoms with Crippen molar-refractivity contribution in [2.24, 2.45) is 15.9 Å². The zero-order valence-electron chi connectivity index (χ0n) is 13.8. The first-order chi connectivity index (χ1) is 12.9. The summed E-state index contributed by atoms with van der Waals surface area (Å²) in [5, 5.41) is 27.6. The lowest BCUT2D eigenvalue weighted by Gasteiger charge is -2.09. The third-order valence-electron chi connectivity index (χ3n) is 4.00. The van der Waals surface area contributed by atoms with Gasteiger partial charge in [0.05, 0.1) is 35.3 Å². The molecule has 2 aromatic rings. The van der Waals surface area contributed by atoms with Crippen LogP contribution in [0.15, 0.2) is 52.4 Å². The standard InChI is InChI=1S/C19H12FN3O4/c20-13-4-2-1-3-11(13)17-12-7-10(8-21)5-6-14(12)23-15(9-22-17)16(18(24)25)19(26)27/h1-7,16H,9H2,(H,24,25)(H,26,27). The largest absolute Gasteiger partial charge is 0.480 e. The van der Waals surface area contributed by atoms with Gasteiger partial charge in [0.15, 0.2) is 5.92 Å². The van der Waals surface area contributed by atoms with Crippen LogP contribution in [-0.2, 0) is 9.59 Å². The van der Waals surface area contributed by atoms with E-state index >= 15 is 0 Å². The Morgan fingerprint density at radius 1 is 1.11 bits per heavy atom. The van der Waals surface area contributed by atoms with Crippen molar-refractivity contribution in [3.05, 3.63) is 65.0 Å². The Hall–Kier alpha value is -3.86. The summed E-state index contributed by atoms with van der Waals surface area (Å²) in [5.74, 6) is -5.57. The summed E-state index contributed by atoms with van der Waals surface area (Å²) in [4.78, 5) is 31.1. The number of hydrogen-bond donors (Lipinski definition) is 2. The third-order valence-corrected chi connectivity index (χ3v) is 4.00. The number of nitriles is 1. The first kappa shape index (κ1) is 17.9. The van der Waals surface area contributed by atoms with Gasteiger partial charge < -0.3 is 10.2 Å². The van der Waals surface area contributed by atoms with Gasteiger partial charge >= 0.3 is 11.9 Å². The van der Waals surface area contributed by atoms with Gasteiger partial charge in [-0.2, -0.15) is 5.26 Å². The van der Waals surface area contributed by atoms with Crippen LogP contribution in [0.4, 0.5) is 10.1 Å². The molecule has 0 unspecified atom stereocenters. The second kappa shape index (κ2) is 7.17. The molecule has 0 saturated heterocycles. The average Bonchev–Trinajstić information content (AvgIpc) is 2.80. The molecule has 0 bridgehead atoms. The van der Waals surface area contributed by atoms with Crippen LogP contribution in [0, 0.1) is 23.1 Å². The number of benzene rings is 2. The van der Waals surface area contributed by atoms with Crippen LogP contribution < -0.4 is 0 Å². The summed E-state index contributed by atoms with van der Waals surface area (Å²) >= 11 is 0. The van der Waals surface area contributed by atoms with Crippen LogP contribution in [0.3, 0.4) is 0 Å². The predicted octanol–water partition coefficient (Wildman–Crippen LogP) is 2.41. The van der Waals surface area contributed by atoms with Gasteiger partial charge in [-0.25, -0.2) is 4.39 Å². The number of carboxylic acid groups (broad SMARTS) is 2. The summed E-state index contributed by atoms with van der Waals surface area (Å²) in [5.41, 5.74) is 0.956. The van der Waals surface area contributed by atoms with Gasteiger partial charge in [0.1, 0.15) is 5.82 Å². The Bertz CT molecular complexity index is 1040. The van der Waals surface area contributed by atoms with E-state index in [-0.39, 0.29) is 34.8 Å². The molecule has 1 aliphatic rings. The zero-order chi connectivity index (χ0) is 19.6. The zero-order valence-corrected chi connectivity index (χ0v) is 13.8. The lowest BCUT2D eigenvalue weighted by molar-refractivity contribution is -0.150. The van der Waals surface area contributed by atoms with E-state index in [1.54, 1.807) is 6.07 Å². The Balaban J connectivity index is 2.24. The highest BCUT2D eigenvalue weighted by Gasteiger charge is 2.33. The SMILES string of the molecule is N#Cc1ccc2c(c1)C(c1ccccc1F)=NCC(C(C(=O)O)C(=O)O)=N2. The number of hydrogen-bond acceptors (Lipinski definition) is 5. The molecule has 0 aliphatic carbocycles. The molecule has 8 heteroatoms. The molecule has 0 atom stereocenters. The van der Waals surface area contributed by atoms with E-state index in [4.69, 9.17) is 5.26 Å². The molecule has 1 heterocycles. The van der Waals surface area contributed by atoms with E-state index in [1.807, 2.05) is 6.07 Å². The van der Waals surface area contributed by atoms with E-state index in [9.17, 15) is 24.2 Å². The highest BCUT2D eigenvalue weighted by Crippen LogP contribution is 2.28. The molecular formula is C19H12FN3O4. The van der Waals surface area contributed by atoms with Crippen molar-refractivity contribution in [3.63, 3.8) is 0 Å². The second-order valence-corrected chi connectivity index (χ2v) is 5.70. The Kier molecular flexibility index (Phi) is 4.77. The number of halogens is 1. The van der Waals surface area contributed by atoms with E-state index in [1.165, 1.54) is 36.4 Å². The number of aliphatic imine (C=N–C) groups is 2.